The Kier molecular flexibility index (Phi) is 3.76. The molecular formula is C15H15ClN2O2. The van der Waals surface area contributed by atoms with Crippen molar-refractivity contribution in [2.24, 2.45) is 0 Å². The predicted molar refractivity (Wildman–Crippen MR) is 78.9 cm³/mol. The Morgan fingerprint density at radius 1 is 1.35 bits per heavy atom. The highest BCUT2D eigenvalue weighted by atomic mass is 35.5. The highest BCUT2D eigenvalue weighted by Crippen LogP contribution is 2.27. The third-order valence-corrected chi connectivity index (χ3v) is 3.35. The van der Waals surface area contributed by atoms with Crippen LogP contribution in [0.3, 0.4) is 0 Å². The first-order chi connectivity index (χ1) is 9.79. The second-order valence-corrected chi connectivity index (χ2v) is 4.83. The van der Waals surface area contributed by atoms with Crippen molar-refractivity contribution in [1.29, 1.82) is 0 Å². The molecule has 0 N–H and O–H groups in total. The molecule has 0 unspecified atom stereocenters. The zero-order chi connectivity index (χ0) is 13.9. The van der Waals surface area contributed by atoms with Crippen molar-refractivity contribution < 1.29 is 9.15 Å². The van der Waals surface area contributed by atoms with E-state index in [0.717, 1.165) is 29.2 Å². The molecule has 20 heavy (non-hydrogen) atoms. The van der Waals surface area contributed by atoms with Gasteiger partial charge in [0.2, 0.25) is 0 Å². The molecule has 0 bridgehead atoms. The van der Waals surface area contributed by atoms with Crippen LogP contribution in [0.4, 0.5) is 0 Å². The van der Waals surface area contributed by atoms with Gasteiger partial charge in [-0.3, -0.25) is 0 Å². The van der Waals surface area contributed by atoms with E-state index in [1.165, 1.54) is 0 Å². The lowest BCUT2D eigenvalue weighted by Gasteiger charge is -2.07. The molecular weight excluding hydrogens is 276 g/mol. The Labute approximate surface area is 121 Å². The van der Waals surface area contributed by atoms with Gasteiger partial charge in [-0.05, 0) is 37.3 Å². The first kappa shape index (κ1) is 13.2. The molecule has 0 saturated heterocycles. The van der Waals surface area contributed by atoms with E-state index in [0.29, 0.717) is 18.2 Å². The number of rotatable bonds is 5. The molecule has 0 amide bonds. The van der Waals surface area contributed by atoms with Crippen LogP contribution in [0.5, 0.6) is 0 Å². The van der Waals surface area contributed by atoms with Gasteiger partial charge >= 0.3 is 0 Å². The first-order valence-corrected chi connectivity index (χ1v) is 6.95. The zero-order valence-electron chi connectivity index (χ0n) is 11.2. The maximum atomic E-state index is 6.03. The van der Waals surface area contributed by atoms with Gasteiger partial charge in [-0.2, -0.15) is 0 Å². The van der Waals surface area contributed by atoms with Gasteiger partial charge in [0.25, 0.3) is 0 Å². The third kappa shape index (κ3) is 2.44. The van der Waals surface area contributed by atoms with Crippen LogP contribution in [0.25, 0.3) is 22.6 Å². The number of fused-ring (bicyclic) bond motifs is 1. The number of halogens is 1. The number of hydrogen-bond donors (Lipinski definition) is 0. The van der Waals surface area contributed by atoms with Crippen LogP contribution in [-0.2, 0) is 11.3 Å². The Bertz CT molecular complexity index is 704. The normalized spacial score (nSPS) is 11.3. The number of hydrogen-bond acceptors (Lipinski definition) is 3. The molecule has 3 aromatic rings. The average molecular weight is 291 g/mol. The topological polar surface area (TPSA) is 40.2 Å². The van der Waals surface area contributed by atoms with E-state index in [-0.39, 0.29) is 0 Å². The summed E-state index contributed by atoms with van der Waals surface area (Å²) in [6, 6.07) is 9.47. The van der Waals surface area contributed by atoms with E-state index >= 15 is 0 Å². The molecule has 5 heteroatoms. The fourth-order valence-corrected chi connectivity index (χ4v) is 2.39. The molecule has 0 fully saturated rings. The van der Waals surface area contributed by atoms with Gasteiger partial charge in [0.15, 0.2) is 11.6 Å². The van der Waals surface area contributed by atoms with Crippen molar-refractivity contribution in [3.63, 3.8) is 0 Å². The number of benzene rings is 1. The molecule has 0 aliphatic heterocycles. The molecule has 0 saturated carbocycles. The number of aromatic nitrogens is 2. The lowest BCUT2D eigenvalue weighted by atomic mass is 10.3. The fraction of sp³-hybridized carbons (Fsp3) is 0.267. The average Bonchev–Trinajstić information content (AvgIpc) is 3.06. The number of furan rings is 1. The summed E-state index contributed by atoms with van der Waals surface area (Å²) in [6.07, 6.45) is 1.65. The number of imidazole rings is 1. The Hall–Kier alpha value is -1.78. The van der Waals surface area contributed by atoms with Gasteiger partial charge in [0.1, 0.15) is 0 Å². The minimum absolute atomic E-state index is 0.637. The molecule has 4 nitrogen and oxygen atoms in total. The van der Waals surface area contributed by atoms with Crippen molar-refractivity contribution in [1.82, 2.24) is 9.55 Å². The summed E-state index contributed by atoms with van der Waals surface area (Å²) in [5.74, 6) is 1.54. The quantitative estimate of drug-likeness (QED) is 0.667. The maximum absolute atomic E-state index is 6.03. The zero-order valence-corrected chi connectivity index (χ0v) is 11.9. The van der Waals surface area contributed by atoms with Crippen LogP contribution >= 0.6 is 11.6 Å². The third-order valence-electron chi connectivity index (χ3n) is 3.12. The van der Waals surface area contributed by atoms with Crippen LogP contribution in [0, 0.1) is 0 Å². The summed E-state index contributed by atoms with van der Waals surface area (Å²) in [5, 5.41) is 0.679. The molecule has 0 radical (unpaired) electrons. The Balaban J connectivity index is 2.09. The maximum Gasteiger partial charge on any atom is 0.177 e. The van der Waals surface area contributed by atoms with Gasteiger partial charge in [0.05, 0.1) is 23.9 Å². The minimum Gasteiger partial charge on any atom is -0.461 e. The van der Waals surface area contributed by atoms with Crippen LogP contribution < -0.4 is 0 Å². The van der Waals surface area contributed by atoms with Crippen molar-refractivity contribution >= 4 is 22.6 Å². The summed E-state index contributed by atoms with van der Waals surface area (Å²) in [7, 11) is 0. The monoisotopic (exact) mass is 290 g/mol. The van der Waals surface area contributed by atoms with Crippen LogP contribution in [-0.4, -0.2) is 22.8 Å². The van der Waals surface area contributed by atoms with E-state index in [1.807, 2.05) is 37.3 Å². The van der Waals surface area contributed by atoms with Gasteiger partial charge in [-0.1, -0.05) is 11.6 Å². The fourth-order valence-electron chi connectivity index (χ4n) is 2.22. The summed E-state index contributed by atoms with van der Waals surface area (Å²) >= 11 is 6.03. The van der Waals surface area contributed by atoms with Crippen molar-refractivity contribution in [2.75, 3.05) is 13.2 Å². The summed E-state index contributed by atoms with van der Waals surface area (Å²) in [5.41, 5.74) is 1.89. The number of ether oxygens (including phenoxy) is 1. The molecule has 0 aliphatic rings. The lowest BCUT2D eigenvalue weighted by Crippen LogP contribution is -2.07. The predicted octanol–water partition coefficient (Wildman–Crippen LogP) is 3.99. The molecule has 2 aromatic heterocycles. The van der Waals surface area contributed by atoms with E-state index < -0.39 is 0 Å². The largest absolute Gasteiger partial charge is 0.461 e. The molecule has 0 atom stereocenters. The standard InChI is InChI=1S/C15H15ClN2O2/c1-2-19-9-7-18-13-6-5-11(16)10-12(13)17-15(18)14-4-3-8-20-14/h3-6,8,10H,2,7,9H2,1H3. The smallest absolute Gasteiger partial charge is 0.177 e. The SMILES string of the molecule is CCOCCn1c(-c2ccco2)nc2cc(Cl)ccc21. The van der Waals surface area contributed by atoms with E-state index in [4.69, 9.17) is 20.8 Å². The summed E-state index contributed by atoms with van der Waals surface area (Å²) < 4.78 is 13.0. The molecule has 3 rings (SSSR count). The Morgan fingerprint density at radius 3 is 3.00 bits per heavy atom. The minimum atomic E-state index is 0.637. The molecule has 1 aromatic carbocycles. The first-order valence-electron chi connectivity index (χ1n) is 6.57. The van der Waals surface area contributed by atoms with E-state index in [2.05, 4.69) is 9.55 Å². The molecule has 2 heterocycles. The van der Waals surface area contributed by atoms with E-state index in [9.17, 15) is 0 Å². The summed E-state index contributed by atoms with van der Waals surface area (Å²) in [4.78, 5) is 4.62. The van der Waals surface area contributed by atoms with Gasteiger partial charge in [-0.15, -0.1) is 0 Å². The van der Waals surface area contributed by atoms with Gasteiger partial charge in [-0.25, -0.2) is 4.98 Å². The molecule has 0 aliphatic carbocycles. The highest BCUT2D eigenvalue weighted by molar-refractivity contribution is 6.31. The van der Waals surface area contributed by atoms with Crippen molar-refractivity contribution in [3.05, 3.63) is 41.6 Å². The van der Waals surface area contributed by atoms with Gasteiger partial charge in [0, 0.05) is 18.2 Å². The second kappa shape index (κ2) is 5.69. The van der Waals surface area contributed by atoms with Crippen LogP contribution in [0.15, 0.2) is 41.0 Å². The van der Waals surface area contributed by atoms with Gasteiger partial charge < -0.3 is 13.7 Å². The molecule has 104 valence electrons. The van der Waals surface area contributed by atoms with Crippen molar-refractivity contribution in [2.45, 2.75) is 13.5 Å². The number of nitrogens with zero attached hydrogens (tertiary/aromatic N) is 2. The van der Waals surface area contributed by atoms with Crippen LogP contribution in [0.2, 0.25) is 5.02 Å². The van der Waals surface area contributed by atoms with Crippen molar-refractivity contribution in [3.8, 4) is 11.6 Å². The highest BCUT2D eigenvalue weighted by Gasteiger charge is 2.14. The van der Waals surface area contributed by atoms with E-state index in [1.54, 1.807) is 6.26 Å². The lowest BCUT2D eigenvalue weighted by molar-refractivity contribution is 0.140. The summed E-state index contributed by atoms with van der Waals surface area (Å²) in [6.45, 7) is 4.05. The molecule has 0 spiro atoms. The second-order valence-electron chi connectivity index (χ2n) is 4.39. The van der Waals surface area contributed by atoms with Crippen LogP contribution in [0.1, 0.15) is 6.92 Å². The Morgan fingerprint density at radius 2 is 2.25 bits per heavy atom.